The van der Waals surface area contributed by atoms with Crippen LogP contribution in [0.25, 0.3) is 0 Å². The molecule has 0 radical (unpaired) electrons. The second-order valence-electron chi connectivity index (χ2n) is 5.24. The van der Waals surface area contributed by atoms with Gasteiger partial charge in [0.25, 0.3) is 10.2 Å². The smallest absolute Gasteiger partial charge is 0.282 e. The molecule has 2 atom stereocenters. The Morgan fingerprint density at radius 1 is 1.35 bits per heavy atom. The fourth-order valence-corrected chi connectivity index (χ4v) is 4.04. The Morgan fingerprint density at radius 2 is 1.90 bits per heavy atom. The van der Waals surface area contributed by atoms with Gasteiger partial charge < -0.3 is 10.5 Å². The Kier molecular flexibility index (Phi) is 6.38. The minimum Gasteiger partial charge on any atom is -0.373 e. The van der Waals surface area contributed by atoms with Crippen LogP contribution < -0.4 is 5.73 Å². The zero-order valence-electron chi connectivity index (χ0n) is 12.4. The number of hydrogen-bond donors (Lipinski definition) is 1. The van der Waals surface area contributed by atoms with Crippen molar-refractivity contribution in [3.63, 3.8) is 0 Å². The summed E-state index contributed by atoms with van der Waals surface area (Å²) < 4.78 is 33.3. The van der Waals surface area contributed by atoms with Crippen molar-refractivity contribution in [1.29, 1.82) is 0 Å². The number of nitrogens with zero attached hydrogens (tertiary/aromatic N) is 2. The molecule has 1 rings (SSSR count). The molecule has 2 N–H and O–H groups in total. The summed E-state index contributed by atoms with van der Waals surface area (Å²) in [5.74, 6) is -0.640. The Bertz CT molecular complexity index is 416. The van der Waals surface area contributed by atoms with Crippen molar-refractivity contribution < 1.29 is 17.9 Å². The van der Waals surface area contributed by atoms with E-state index in [1.807, 2.05) is 20.8 Å². The molecule has 0 aromatic carbocycles. The van der Waals surface area contributed by atoms with Gasteiger partial charge in [0, 0.05) is 19.6 Å². The average molecular weight is 307 g/mol. The largest absolute Gasteiger partial charge is 0.373 e. The van der Waals surface area contributed by atoms with Crippen molar-refractivity contribution in [2.75, 3.05) is 26.2 Å². The number of carbonyl (C=O) groups is 1. The van der Waals surface area contributed by atoms with Crippen LogP contribution in [0.5, 0.6) is 0 Å². The first-order valence-corrected chi connectivity index (χ1v) is 8.36. The molecule has 1 heterocycles. The predicted molar refractivity (Wildman–Crippen MR) is 76.2 cm³/mol. The monoisotopic (exact) mass is 307 g/mol. The van der Waals surface area contributed by atoms with Gasteiger partial charge in [0.05, 0.1) is 18.8 Å². The van der Waals surface area contributed by atoms with Gasteiger partial charge in [-0.1, -0.05) is 13.3 Å². The maximum atomic E-state index is 12.6. The molecule has 1 fully saturated rings. The van der Waals surface area contributed by atoms with E-state index in [-0.39, 0.29) is 18.8 Å². The lowest BCUT2D eigenvalue weighted by atomic mass is 10.3. The first kappa shape index (κ1) is 17.4. The summed E-state index contributed by atoms with van der Waals surface area (Å²) in [6.07, 6.45) is 1.23. The summed E-state index contributed by atoms with van der Waals surface area (Å²) in [5, 5.41) is 0. The van der Waals surface area contributed by atoms with Gasteiger partial charge in [-0.15, -0.1) is 0 Å². The van der Waals surface area contributed by atoms with E-state index < -0.39 is 16.1 Å². The third-order valence-electron chi connectivity index (χ3n) is 3.13. The summed E-state index contributed by atoms with van der Waals surface area (Å²) in [7, 11) is -3.67. The van der Waals surface area contributed by atoms with E-state index in [0.717, 1.165) is 6.42 Å². The highest BCUT2D eigenvalue weighted by atomic mass is 32.2. The van der Waals surface area contributed by atoms with E-state index in [4.69, 9.17) is 10.5 Å². The molecule has 0 aromatic heterocycles. The number of unbranched alkanes of at least 4 members (excludes halogenated alkanes) is 1. The summed E-state index contributed by atoms with van der Waals surface area (Å²) in [4.78, 5) is 11.1. The van der Waals surface area contributed by atoms with Gasteiger partial charge in [0.1, 0.15) is 0 Å². The van der Waals surface area contributed by atoms with Crippen LogP contribution in [0, 0.1) is 0 Å². The summed E-state index contributed by atoms with van der Waals surface area (Å²) in [6, 6.07) is 0. The van der Waals surface area contributed by atoms with E-state index in [9.17, 15) is 13.2 Å². The van der Waals surface area contributed by atoms with Gasteiger partial charge in [-0.2, -0.15) is 17.0 Å². The van der Waals surface area contributed by atoms with Crippen molar-refractivity contribution in [3.05, 3.63) is 0 Å². The van der Waals surface area contributed by atoms with Crippen LogP contribution >= 0.6 is 0 Å². The Labute approximate surface area is 121 Å². The maximum absolute atomic E-state index is 12.6. The second kappa shape index (κ2) is 7.35. The van der Waals surface area contributed by atoms with Crippen LogP contribution in [0.4, 0.5) is 0 Å². The molecule has 1 saturated heterocycles. The number of nitrogens with two attached hydrogens (primary N) is 1. The lowest BCUT2D eigenvalue weighted by Crippen LogP contribution is -2.54. The average Bonchev–Trinajstić information content (AvgIpc) is 2.32. The number of primary amides is 1. The van der Waals surface area contributed by atoms with Crippen LogP contribution in [0.1, 0.15) is 33.6 Å². The normalized spacial score (nSPS) is 25.0. The molecule has 0 unspecified atom stereocenters. The topological polar surface area (TPSA) is 92.9 Å². The first-order chi connectivity index (χ1) is 9.27. The third kappa shape index (κ3) is 4.69. The zero-order valence-corrected chi connectivity index (χ0v) is 13.2. The lowest BCUT2D eigenvalue weighted by Gasteiger charge is -2.37. The van der Waals surface area contributed by atoms with Crippen molar-refractivity contribution in [1.82, 2.24) is 8.61 Å². The minimum atomic E-state index is -3.67. The Balaban J connectivity index is 2.87. The van der Waals surface area contributed by atoms with Gasteiger partial charge in [0.15, 0.2) is 0 Å². The molecule has 0 bridgehead atoms. The van der Waals surface area contributed by atoms with E-state index in [2.05, 4.69) is 0 Å². The van der Waals surface area contributed by atoms with E-state index >= 15 is 0 Å². The van der Waals surface area contributed by atoms with Crippen LogP contribution in [-0.4, -0.2) is 61.3 Å². The predicted octanol–water partition coefficient (Wildman–Crippen LogP) is -0.0722. The third-order valence-corrected chi connectivity index (χ3v) is 5.05. The molecule has 8 heteroatoms. The fourth-order valence-electron chi connectivity index (χ4n) is 2.27. The minimum absolute atomic E-state index is 0.157. The standard InChI is InChI=1S/C12H25N3O4S/c1-4-5-6-14(9-12(13)16)20(17,18)15-7-10(2)19-11(3)8-15/h10-11H,4-9H2,1-3H3,(H2,13,16)/t10-,11-/m0/s1. The molecular formula is C12H25N3O4S. The van der Waals surface area contributed by atoms with E-state index in [1.165, 1.54) is 8.61 Å². The quantitative estimate of drug-likeness (QED) is 0.712. The highest BCUT2D eigenvalue weighted by molar-refractivity contribution is 7.86. The Morgan fingerprint density at radius 3 is 2.35 bits per heavy atom. The molecule has 1 aliphatic rings. The molecule has 1 amide bonds. The number of carbonyl (C=O) groups excluding carboxylic acids is 1. The second-order valence-corrected chi connectivity index (χ2v) is 7.16. The molecule has 118 valence electrons. The SMILES string of the molecule is CCCCN(CC(N)=O)S(=O)(=O)N1C[C@H](C)O[C@@H](C)C1. The maximum Gasteiger partial charge on any atom is 0.282 e. The molecule has 0 spiro atoms. The lowest BCUT2D eigenvalue weighted by molar-refractivity contribution is -0.118. The molecular weight excluding hydrogens is 282 g/mol. The molecule has 0 saturated carbocycles. The van der Waals surface area contributed by atoms with E-state index in [1.54, 1.807) is 0 Å². The van der Waals surface area contributed by atoms with Gasteiger partial charge in [-0.05, 0) is 20.3 Å². The van der Waals surface area contributed by atoms with Gasteiger partial charge in [0.2, 0.25) is 5.91 Å². The van der Waals surface area contributed by atoms with Crippen LogP contribution in [0.3, 0.4) is 0 Å². The molecule has 20 heavy (non-hydrogen) atoms. The number of hydrogen-bond acceptors (Lipinski definition) is 4. The van der Waals surface area contributed by atoms with Gasteiger partial charge in [-0.25, -0.2) is 0 Å². The first-order valence-electron chi connectivity index (χ1n) is 6.96. The Hall–Kier alpha value is -0.700. The van der Waals surface area contributed by atoms with Gasteiger partial charge >= 0.3 is 0 Å². The highest BCUT2D eigenvalue weighted by Gasteiger charge is 2.35. The van der Waals surface area contributed by atoms with Gasteiger partial charge in [-0.3, -0.25) is 4.79 Å². The summed E-state index contributed by atoms with van der Waals surface area (Å²) in [6.45, 7) is 6.27. The molecule has 0 aliphatic carbocycles. The number of ether oxygens (including phenoxy) is 1. The van der Waals surface area contributed by atoms with Crippen molar-refractivity contribution in [2.45, 2.75) is 45.8 Å². The highest BCUT2D eigenvalue weighted by Crippen LogP contribution is 2.17. The van der Waals surface area contributed by atoms with Crippen molar-refractivity contribution in [2.24, 2.45) is 5.73 Å². The molecule has 7 nitrogen and oxygen atoms in total. The number of rotatable bonds is 7. The summed E-state index contributed by atoms with van der Waals surface area (Å²) >= 11 is 0. The fraction of sp³-hybridized carbons (Fsp3) is 0.917. The zero-order chi connectivity index (χ0) is 15.3. The number of amides is 1. The summed E-state index contributed by atoms with van der Waals surface area (Å²) in [5.41, 5.74) is 5.16. The van der Waals surface area contributed by atoms with Crippen LogP contribution in [0.15, 0.2) is 0 Å². The van der Waals surface area contributed by atoms with Crippen LogP contribution in [-0.2, 0) is 19.7 Å². The van der Waals surface area contributed by atoms with Crippen molar-refractivity contribution >= 4 is 16.1 Å². The van der Waals surface area contributed by atoms with E-state index in [0.29, 0.717) is 26.1 Å². The van der Waals surface area contributed by atoms with Crippen molar-refractivity contribution in [3.8, 4) is 0 Å². The molecule has 1 aliphatic heterocycles. The van der Waals surface area contributed by atoms with Crippen LogP contribution in [0.2, 0.25) is 0 Å². The number of morpholine rings is 1. The molecule has 0 aromatic rings.